The van der Waals surface area contributed by atoms with Gasteiger partial charge in [-0.1, -0.05) is 6.08 Å². The molecular formula is C20H23FN6. The number of nitrogens with zero attached hydrogens (tertiary/aromatic N) is 5. The molecule has 1 aliphatic rings. The molecule has 0 aliphatic heterocycles. The third kappa shape index (κ3) is 3.67. The largest absolute Gasteiger partial charge is 0.351 e. The molecule has 140 valence electrons. The van der Waals surface area contributed by atoms with Crippen LogP contribution in [0.5, 0.6) is 0 Å². The number of anilines is 1. The molecule has 3 aromatic heterocycles. The number of hydrogen-bond donors (Lipinski definition) is 1. The van der Waals surface area contributed by atoms with Crippen LogP contribution in [-0.2, 0) is 6.42 Å². The Morgan fingerprint density at radius 1 is 1.26 bits per heavy atom. The van der Waals surface area contributed by atoms with Crippen LogP contribution in [-0.4, -0.2) is 36.8 Å². The molecule has 1 N–H and O–H groups in total. The molecule has 6 nitrogen and oxygen atoms in total. The van der Waals surface area contributed by atoms with Gasteiger partial charge in [-0.05, 0) is 63.3 Å². The van der Waals surface area contributed by atoms with Crippen molar-refractivity contribution in [2.75, 3.05) is 11.9 Å². The highest BCUT2D eigenvalue weighted by Crippen LogP contribution is 2.30. The Kier molecular flexibility index (Phi) is 4.37. The smallest absolute Gasteiger partial charge is 0.222 e. The van der Waals surface area contributed by atoms with E-state index >= 15 is 0 Å². The molecule has 0 unspecified atom stereocenters. The van der Waals surface area contributed by atoms with Crippen molar-refractivity contribution in [2.45, 2.75) is 45.7 Å². The van der Waals surface area contributed by atoms with E-state index in [4.69, 9.17) is 0 Å². The van der Waals surface area contributed by atoms with Crippen molar-refractivity contribution in [1.82, 2.24) is 24.6 Å². The number of pyridine rings is 1. The van der Waals surface area contributed by atoms with Crippen molar-refractivity contribution in [3.05, 3.63) is 53.2 Å². The van der Waals surface area contributed by atoms with Gasteiger partial charge in [0.15, 0.2) is 5.65 Å². The van der Waals surface area contributed by atoms with E-state index in [0.29, 0.717) is 5.95 Å². The molecule has 1 aliphatic carbocycles. The third-order valence-electron chi connectivity index (χ3n) is 4.67. The van der Waals surface area contributed by atoms with E-state index in [9.17, 15) is 4.39 Å². The fourth-order valence-electron chi connectivity index (χ4n) is 3.27. The molecule has 0 saturated carbocycles. The summed E-state index contributed by atoms with van der Waals surface area (Å²) >= 11 is 0. The summed E-state index contributed by atoms with van der Waals surface area (Å²) in [4.78, 5) is 9.08. The summed E-state index contributed by atoms with van der Waals surface area (Å²) in [5, 5.41) is 11.3. The molecular weight excluding hydrogens is 343 g/mol. The molecule has 3 aromatic rings. The van der Waals surface area contributed by atoms with Gasteiger partial charge in [0.1, 0.15) is 11.5 Å². The van der Waals surface area contributed by atoms with Crippen molar-refractivity contribution in [3.63, 3.8) is 0 Å². The lowest BCUT2D eigenvalue weighted by Gasteiger charge is -2.16. The van der Waals surface area contributed by atoms with Crippen LogP contribution in [0.15, 0.2) is 30.6 Å². The van der Waals surface area contributed by atoms with Gasteiger partial charge in [0, 0.05) is 18.0 Å². The number of fused-ring (bicyclic) bond motifs is 2. The average molecular weight is 366 g/mol. The molecule has 0 bridgehead atoms. The topological polar surface area (TPSA) is 68.0 Å². The van der Waals surface area contributed by atoms with Crippen molar-refractivity contribution in [1.29, 1.82) is 0 Å². The Labute approximate surface area is 157 Å². The summed E-state index contributed by atoms with van der Waals surface area (Å²) in [6, 6.07) is 4.03. The minimum absolute atomic E-state index is 0.179. The van der Waals surface area contributed by atoms with E-state index in [1.807, 2.05) is 23.6 Å². The van der Waals surface area contributed by atoms with E-state index in [0.717, 1.165) is 53.1 Å². The van der Waals surface area contributed by atoms with Crippen LogP contribution < -0.4 is 5.32 Å². The van der Waals surface area contributed by atoms with Crippen molar-refractivity contribution in [3.8, 4) is 0 Å². The summed E-state index contributed by atoms with van der Waals surface area (Å²) < 4.78 is 15.7. The first-order chi connectivity index (χ1) is 12.9. The Balaban J connectivity index is 1.70. The van der Waals surface area contributed by atoms with Gasteiger partial charge in [0.2, 0.25) is 5.95 Å². The van der Waals surface area contributed by atoms with Gasteiger partial charge in [-0.2, -0.15) is 0 Å². The van der Waals surface area contributed by atoms with Crippen molar-refractivity contribution >= 4 is 17.2 Å². The highest BCUT2D eigenvalue weighted by molar-refractivity contribution is 5.81. The fraction of sp³-hybridized carbons (Fsp3) is 0.400. The summed E-state index contributed by atoms with van der Waals surface area (Å²) in [6.45, 7) is 5.19. The standard InChI is InChI=1S/C20H23FN6/c1-13-25-26-18-9-8-14(11-27(13)18)15-6-4-5-7-17-16(15)10-22-19(24-17)23-12-20(2,3)21/h6,8-11H,4-5,7,12H2,1-3H3,(H,22,23,24). The van der Waals surface area contributed by atoms with Crippen LogP contribution in [0.1, 0.15) is 49.3 Å². The van der Waals surface area contributed by atoms with Crippen molar-refractivity contribution in [2.24, 2.45) is 0 Å². The number of aromatic nitrogens is 5. The normalized spacial score (nSPS) is 14.6. The van der Waals surface area contributed by atoms with Gasteiger partial charge < -0.3 is 5.32 Å². The molecule has 0 saturated heterocycles. The van der Waals surface area contributed by atoms with E-state index in [1.54, 1.807) is 0 Å². The molecule has 7 heteroatoms. The summed E-state index contributed by atoms with van der Waals surface area (Å²) in [5.74, 6) is 1.33. The molecule has 0 atom stereocenters. The highest BCUT2D eigenvalue weighted by Gasteiger charge is 2.19. The van der Waals surface area contributed by atoms with Gasteiger partial charge in [0.05, 0.1) is 12.2 Å². The van der Waals surface area contributed by atoms with E-state index in [-0.39, 0.29) is 6.54 Å². The SMILES string of the molecule is Cc1nnc2ccc(C3=CCCCc4nc(NCC(C)(C)F)ncc43)cn12. The first-order valence-electron chi connectivity index (χ1n) is 9.22. The van der Waals surface area contributed by atoms with Crippen LogP contribution in [0.2, 0.25) is 0 Å². The maximum atomic E-state index is 13.8. The molecule has 0 radical (unpaired) electrons. The minimum atomic E-state index is -1.31. The number of allylic oxidation sites excluding steroid dienone is 1. The molecule has 3 heterocycles. The second-order valence-corrected chi connectivity index (χ2v) is 7.53. The Bertz CT molecular complexity index is 1010. The second kappa shape index (κ2) is 6.72. The van der Waals surface area contributed by atoms with E-state index in [2.05, 4.69) is 43.8 Å². The maximum Gasteiger partial charge on any atom is 0.222 e. The fourth-order valence-corrected chi connectivity index (χ4v) is 3.27. The average Bonchev–Trinajstić information content (AvgIpc) is 2.87. The lowest BCUT2D eigenvalue weighted by atomic mass is 9.99. The van der Waals surface area contributed by atoms with Crippen LogP contribution in [0.4, 0.5) is 10.3 Å². The zero-order valence-corrected chi connectivity index (χ0v) is 15.8. The Morgan fingerprint density at radius 3 is 2.93 bits per heavy atom. The van der Waals surface area contributed by atoms with Gasteiger partial charge in [-0.3, -0.25) is 4.40 Å². The summed E-state index contributed by atoms with van der Waals surface area (Å²) in [6.07, 6.45) is 9.02. The number of hydrogen-bond acceptors (Lipinski definition) is 5. The van der Waals surface area contributed by atoms with Crippen LogP contribution in [0.25, 0.3) is 11.2 Å². The second-order valence-electron chi connectivity index (χ2n) is 7.53. The van der Waals surface area contributed by atoms with E-state index in [1.165, 1.54) is 13.8 Å². The number of rotatable bonds is 4. The molecule has 0 amide bonds. The van der Waals surface area contributed by atoms with Crippen LogP contribution in [0, 0.1) is 6.92 Å². The third-order valence-corrected chi connectivity index (χ3v) is 4.67. The lowest BCUT2D eigenvalue weighted by Crippen LogP contribution is -2.25. The minimum Gasteiger partial charge on any atom is -0.351 e. The highest BCUT2D eigenvalue weighted by atomic mass is 19.1. The van der Waals surface area contributed by atoms with E-state index < -0.39 is 5.67 Å². The predicted molar refractivity (Wildman–Crippen MR) is 103 cm³/mol. The van der Waals surface area contributed by atoms with Gasteiger partial charge in [0.25, 0.3) is 0 Å². The zero-order chi connectivity index (χ0) is 19.0. The number of alkyl halides is 1. The van der Waals surface area contributed by atoms with Gasteiger partial charge in [-0.15, -0.1) is 10.2 Å². The van der Waals surface area contributed by atoms with Crippen LogP contribution in [0.3, 0.4) is 0 Å². The Morgan fingerprint density at radius 2 is 2.11 bits per heavy atom. The Hall–Kier alpha value is -2.83. The van der Waals surface area contributed by atoms with Gasteiger partial charge in [-0.25, -0.2) is 14.4 Å². The number of nitrogens with one attached hydrogen (secondary N) is 1. The zero-order valence-electron chi connectivity index (χ0n) is 15.8. The maximum absolute atomic E-state index is 13.8. The first kappa shape index (κ1) is 17.6. The van der Waals surface area contributed by atoms with Gasteiger partial charge >= 0.3 is 0 Å². The summed E-state index contributed by atoms with van der Waals surface area (Å²) in [7, 11) is 0. The predicted octanol–water partition coefficient (Wildman–Crippen LogP) is 3.76. The monoisotopic (exact) mass is 366 g/mol. The molecule has 4 rings (SSSR count). The van der Waals surface area contributed by atoms with Crippen molar-refractivity contribution < 1.29 is 4.39 Å². The summed E-state index contributed by atoms with van der Waals surface area (Å²) in [5.41, 5.74) is 3.75. The number of halogens is 1. The number of aryl methyl sites for hydroxylation is 2. The lowest BCUT2D eigenvalue weighted by molar-refractivity contribution is 0.234. The quantitative estimate of drug-likeness (QED) is 0.761. The molecule has 0 spiro atoms. The molecule has 0 fully saturated rings. The first-order valence-corrected chi connectivity index (χ1v) is 9.22. The van der Waals surface area contributed by atoms with Crippen LogP contribution >= 0.6 is 0 Å². The molecule has 27 heavy (non-hydrogen) atoms. The molecule has 0 aromatic carbocycles.